The fraction of sp³-hybridized carbons (Fsp3) is 0.893. The van der Waals surface area contributed by atoms with E-state index in [2.05, 4.69) is 38.0 Å². The normalized spacial score (nSPS) is 21.6. The van der Waals surface area contributed by atoms with Gasteiger partial charge in [-0.1, -0.05) is 53.4 Å². The fourth-order valence-electron chi connectivity index (χ4n) is 6.37. The Labute approximate surface area is 236 Å². The first-order valence-corrected chi connectivity index (χ1v) is 16.3. The van der Waals surface area contributed by atoms with Crippen LogP contribution in [-0.4, -0.2) is 83.4 Å². The van der Waals surface area contributed by atoms with Gasteiger partial charge in [0.1, 0.15) is 0 Å². The number of nitrogens with one attached hydrogen (secondary N) is 1. The molecule has 0 aliphatic heterocycles. The van der Waals surface area contributed by atoms with E-state index in [0.717, 1.165) is 44.9 Å². The molecule has 10 nitrogen and oxygen atoms in total. The number of hydrogen-bond acceptors (Lipinski definition) is 7. The zero-order valence-corrected chi connectivity index (χ0v) is 26.3. The molecule has 0 aromatic carbocycles. The topological polar surface area (TPSA) is 127 Å². The van der Waals surface area contributed by atoms with Crippen LogP contribution in [0, 0.1) is 10.8 Å². The summed E-state index contributed by atoms with van der Waals surface area (Å²) in [6.45, 7) is 9.37. The maximum atomic E-state index is 12.7. The molecule has 226 valence electrons. The van der Waals surface area contributed by atoms with Crippen LogP contribution in [0.15, 0.2) is 4.99 Å². The summed E-state index contributed by atoms with van der Waals surface area (Å²) in [5, 5.41) is 13.2. The van der Waals surface area contributed by atoms with Crippen LogP contribution in [0.2, 0.25) is 6.04 Å². The van der Waals surface area contributed by atoms with E-state index in [4.69, 9.17) is 13.3 Å². The van der Waals surface area contributed by atoms with Gasteiger partial charge in [-0.3, -0.25) is 4.79 Å². The summed E-state index contributed by atoms with van der Waals surface area (Å²) in [4.78, 5) is 41.8. The standard InChI is InChI=1S/C28H53N3O7Si/c1-8-9-10-11-13-24(14-15-25(33)29-16-12-17-39(36-5,37-6)38-7)31(26(34)35)21-28(4)19-23(30-22-32)18-27(2,3)20-28/h23-24H,8-21H2,1-7H3,(H,29,33)(H,34,35). The average Bonchev–Trinajstić information content (AvgIpc) is 2.86. The van der Waals surface area contributed by atoms with Crippen molar-refractivity contribution >= 4 is 26.9 Å². The molecule has 1 aliphatic rings. The van der Waals surface area contributed by atoms with Crippen LogP contribution in [-0.2, 0) is 22.9 Å². The van der Waals surface area contributed by atoms with Crippen molar-refractivity contribution in [2.75, 3.05) is 34.4 Å². The number of isocyanates is 1. The minimum Gasteiger partial charge on any atom is -0.465 e. The number of rotatable bonds is 19. The van der Waals surface area contributed by atoms with Gasteiger partial charge >= 0.3 is 14.9 Å². The van der Waals surface area contributed by atoms with Gasteiger partial charge in [0.15, 0.2) is 0 Å². The van der Waals surface area contributed by atoms with Crippen molar-refractivity contribution in [2.45, 2.75) is 116 Å². The number of carboxylic acid groups (broad SMARTS) is 1. The zero-order valence-electron chi connectivity index (χ0n) is 25.3. The first kappa shape index (κ1) is 35.2. The second-order valence-electron chi connectivity index (χ2n) is 12.1. The molecular weight excluding hydrogens is 518 g/mol. The summed E-state index contributed by atoms with van der Waals surface area (Å²) in [6.07, 6.45) is 9.28. The van der Waals surface area contributed by atoms with Crippen molar-refractivity contribution in [1.29, 1.82) is 0 Å². The Hall–Kier alpha value is -1.78. The Morgan fingerprint density at radius 1 is 1.08 bits per heavy atom. The molecule has 0 saturated heterocycles. The maximum absolute atomic E-state index is 12.7. The number of carbonyl (C=O) groups is 2. The third-order valence-electron chi connectivity index (χ3n) is 7.91. The zero-order chi connectivity index (χ0) is 29.5. The quantitative estimate of drug-likeness (QED) is 0.0921. The van der Waals surface area contributed by atoms with Gasteiger partial charge in [0.2, 0.25) is 12.0 Å². The summed E-state index contributed by atoms with van der Waals surface area (Å²) in [5.74, 6) is -0.0937. The van der Waals surface area contributed by atoms with Crippen LogP contribution in [0.3, 0.4) is 0 Å². The summed E-state index contributed by atoms with van der Waals surface area (Å²) >= 11 is 0. The Morgan fingerprint density at radius 3 is 2.31 bits per heavy atom. The molecule has 0 bridgehead atoms. The van der Waals surface area contributed by atoms with Crippen molar-refractivity contribution in [3.8, 4) is 0 Å². The highest BCUT2D eigenvalue weighted by atomic mass is 28.4. The van der Waals surface area contributed by atoms with Crippen molar-refractivity contribution < 1.29 is 32.8 Å². The molecule has 2 N–H and O–H groups in total. The van der Waals surface area contributed by atoms with E-state index in [0.29, 0.717) is 38.4 Å². The lowest BCUT2D eigenvalue weighted by Crippen LogP contribution is -2.50. The van der Waals surface area contributed by atoms with Crippen LogP contribution in [0.25, 0.3) is 0 Å². The van der Waals surface area contributed by atoms with E-state index in [1.54, 1.807) is 32.3 Å². The lowest BCUT2D eigenvalue weighted by molar-refractivity contribution is -0.121. The van der Waals surface area contributed by atoms with Gasteiger partial charge in [-0.2, -0.15) is 0 Å². The lowest BCUT2D eigenvalue weighted by atomic mass is 9.62. The number of amides is 2. The minimum atomic E-state index is -2.68. The Morgan fingerprint density at radius 2 is 1.74 bits per heavy atom. The minimum absolute atomic E-state index is 0.0619. The van der Waals surface area contributed by atoms with Crippen LogP contribution < -0.4 is 5.32 Å². The Balaban J connectivity index is 2.88. The van der Waals surface area contributed by atoms with E-state index in [-0.39, 0.29) is 35.2 Å². The molecular formula is C28H53N3O7Si. The van der Waals surface area contributed by atoms with Gasteiger partial charge in [0.05, 0.1) is 6.04 Å². The molecule has 1 fully saturated rings. The molecule has 11 heteroatoms. The molecule has 3 unspecified atom stereocenters. The first-order chi connectivity index (χ1) is 18.4. The second-order valence-corrected chi connectivity index (χ2v) is 15.2. The number of unbranched alkanes of at least 4 members (excludes halogenated alkanes) is 3. The van der Waals surface area contributed by atoms with Crippen LogP contribution >= 0.6 is 0 Å². The van der Waals surface area contributed by atoms with Crippen molar-refractivity contribution in [3.63, 3.8) is 0 Å². The molecule has 2 amide bonds. The van der Waals surface area contributed by atoms with Gasteiger partial charge in [-0.25, -0.2) is 14.6 Å². The van der Waals surface area contributed by atoms with Gasteiger partial charge in [0, 0.05) is 52.9 Å². The number of hydrogen-bond donors (Lipinski definition) is 2. The number of nitrogens with zero attached hydrogens (tertiary/aromatic N) is 2. The summed E-state index contributed by atoms with van der Waals surface area (Å²) in [7, 11) is 2.02. The van der Waals surface area contributed by atoms with Crippen LogP contribution in [0.1, 0.15) is 98.3 Å². The molecule has 1 aliphatic carbocycles. The van der Waals surface area contributed by atoms with Crippen molar-refractivity contribution in [3.05, 3.63) is 0 Å². The molecule has 1 rings (SSSR count). The highest BCUT2D eigenvalue weighted by Gasteiger charge is 2.44. The van der Waals surface area contributed by atoms with Crippen molar-refractivity contribution in [1.82, 2.24) is 10.2 Å². The monoisotopic (exact) mass is 571 g/mol. The van der Waals surface area contributed by atoms with Crippen LogP contribution in [0.4, 0.5) is 4.79 Å². The second kappa shape index (κ2) is 17.1. The van der Waals surface area contributed by atoms with Gasteiger partial charge in [-0.05, 0) is 49.4 Å². The molecule has 0 radical (unpaired) electrons. The third-order valence-corrected chi connectivity index (χ3v) is 10.7. The third kappa shape index (κ3) is 12.5. The summed E-state index contributed by atoms with van der Waals surface area (Å²) in [5.41, 5.74) is -0.386. The smallest absolute Gasteiger partial charge is 0.465 e. The molecule has 0 heterocycles. The molecule has 3 atom stereocenters. The summed E-state index contributed by atoms with van der Waals surface area (Å²) < 4.78 is 16.3. The van der Waals surface area contributed by atoms with Gasteiger partial charge in [-0.15, -0.1) is 0 Å². The van der Waals surface area contributed by atoms with Crippen LogP contribution in [0.5, 0.6) is 0 Å². The predicted octanol–water partition coefficient (Wildman–Crippen LogP) is 5.39. The van der Waals surface area contributed by atoms with E-state index in [1.165, 1.54) is 0 Å². The molecule has 0 aromatic heterocycles. The molecule has 0 spiro atoms. The van der Waals surface area contributed by atoms with E-state index in [9.17, 15) is 19.5 Å². The van der Waals surface area contributed by atoms with Crippen molar-refractivity contribution in [2.24, 2.45) is 15.8 Å². The number of carbonyl (C=O) groups excluding carboxylic acids is 2. The van der Waals surface area contributed by atoms with Gasteiger partial charge < -0.3 is 28.6 Å². The molecule has 0 aromatic rings. The SMILES string of the molecule is CCCCCCC(CCC(=O)NCCC[Si](OC)(OC)OC)N(CC1(C)CC(N=C=O)CC(C)(C)C1)C(=O)O. The van der Waals surface area contributed by atoms with E-state index < -0.39 is 14.9 Å². The lowest BCUT2D eigenvalue weighted by Gasteiger charge is -2.47. The Bertz CT molecular complexity index is 794. The first-order valence-electron chi connectivity index (χ1n) is 14.4. The molecule has 1 saturated carbocycles. The Kier molecular flexibility index (Phi) is 15.5. The highest BCUT2D eigenvalue weighted by molar-refractivity contribution is 6.60. The van der Waals surface area contributed by atoms with E-state index >= 15 is 0 Å². The largest absolute Gasteiger partial charge is 0.500 e. The van der Waals surface area contributed by atoms with Gasteiger partial charge in [0.25, 0.3) is 0 Å². The number of aliphatic imine (C=N–C) groups is 1. The summed E-state index contributed by atoms with van der Waals surface area (Å²) in [6, 6.07) is 0.181. The van der Waals surface area contributed by atoms with E-state index in [1.807, 2.05) is 0 Å². The molecule has 39 heavy (non-hydrogen) atoms. The maximum Gasteiger partial charge on any atom is 0.500 e. The average molecular weight is 572 g/mol. The predicted molar refractivity (Wildman–Crippen MR) is 153 cm³/mol. The fourth-order valence-corrected chi connectivity index (χ4v) is 8.09. The highest BCUT2D eigenvalue weighted by Crippen LogP contribution is 2.47.